The van der Waals surface area contributed by atoms with Crippen molar-refractivity contribution in [3.05, 3.63) is 16.3 Å². The van der Waals surface area contributed by atoms with Crippen LogP contribution in [0.2, 0.25) is 0 Å². The summed E-state index contributed by atoms with van der Waals surface area (Å²) in [7, 11) is 0. The van der Waals surface area contributed by atoms with E-state index >= 15 is 0 Å². The molecule has 5 nitrogen and oxygen atoms in total. The second kappa shape index (κ2) is 3.81. The fraction of sp³-hybridized carbons (Fsp3) is 0.800. The number of aromatic amines is 1. The van der Waals surface area contributed by atoms with Crippen LogP contribution in [0.3, 0.4) is 0 Å². The number of nitrogens with zero attached hydrogens (tertiary/aromatic N) is 2. The first-order chi connectivity index (χ1) is 7.17. The standard InChI is InChI=1S/C10H18N4O/c1-2-14-8(12-13-9(14)15)10(11)6-4-3-5-7-10/h2-7,11H2,1H3,(H,13,15). The molecule has 1 fully saturated rings. The van der Waals surface area contributed by atoms with Crippen LogP contribution in [0.15, 0.2) is 4.79 Å². The van der Waals surface area contributed by atoms with Crippen molar-refractivity contribution in [1.82, 2.24) is 14.8 Å². The summed E-state index contributed by atoms with van der Waals surface area (Å²) in [6.07, 6.45) is 5.34. The van der Waals surface area contributed by atoms with Gasteiger partial charge in [-0.25, -0.2) is 9.89 Å². The van der Waals surface area contributed by atoms with Gasteiger partial charge in [-0.15, -0.1) is 0 Å². The number of nitrogens with two attached hydrogens (primary N) is 1. The van der Waals surface area contributed by atoms with E-state index in [-0.39, 0.29) is 5.69 Å². The number of hydrogen-bond acceptors (Lipinski definition) is 3. The summed E-state index contributed by atoms with van der Waals surface area (Å²) in [5.41, 5.74) is 5.78. The molecule has 1 aromatic heterocycles. The molecule has 1 aliphatic rings. The van der Waals surface area contributed by atoms with E-state index in [2.05, 4.69) is 10.2 Å². The van der Waals surface area contributed by atoms with Crippen molar-refractivity contribution in [2.45, 2.75) is 51.1 Å². The zero-order valence-corrected chi connectivity index (χ0v) is 9.12. The van der Waals surface area contributed by atoms with Crippen LogP contribution in [0.4, 0.5) is 0 Å². The molecule has 15 heavy (non-hydrogen) atoms. The molecule has 5 heteroatoms. The van der Waals surface area contributed by atoms with E-state index in [9.17, 15) is 4.79 Å². The Kier molecular flexibility index (Phi) is 2.65. The van der Waals surface area contributed by atoms with E-state index < -0.39 is 5.54 Å². The molecule has 3 N–H and O–H groups in total. The van der Waals surface area contributed by atoms with Gasteiger partial charge in [-0.05, 0) is 19.8 Å². The molecule has 0 unspecified atom stereocenters. The molecule has 0 saturated heterocycles. The summed E-state index contributed by atoms with van der Waals surface area (Å²) in [5.74, 6) is 0.731. The van der Waals surface area contributed by atoms with Crippen LogP contribution in [-0.2, 0) is 12.1 Å². The van der Waals surface area contributed by atoms with Crippen LogP contribution in [0.5, 0.6) is 0 Å². The largest absolute Gasteiger partial charge is 0.343 e. The highest BCUT2D eigenvalue weighted by atomic mass is 16.1. The van der Waals surface area contributed by atoms with Crippen LogP contribution in [0.25, 0.3) is 0 Å². The van der Waals surface area contributed by atoms with Gasteiger partial charge in [-0.3, -0.25) is 4.57 Å². The molecule has 1 heterocycles. The lowest BCUT2D eigenvalue weighted by atomic mass is 9.82. The highest BCUT2D eigenvalue weighted by Crippen LogP contribution is 2.32. The topological polar surface area (TPSA) is 76.7 Å². The Labute approximate surface area is 88.7 Å². The maximum Gasteiger partial charge on any atom is 0.343 e. The predicted octanol–water partition coefficient (Wildman–Crippen LogP) is 0.709. The molecule has 0 amide bonds. The Morgan fingerprint density at radius 3 is 2.73 bits per heavy atom. The summed E-state index contributed by atoms with van der Waals surface area (Å²) in [4.78, 5) is 11.4. The van der Waals surface area contributed by atoms with Gasteiger partial charge in [0.15, 0.2) is 5.82 Å². The Morgan fingerprint density at radius 1 is 1.47 bits per heavy atom. The lowest BCUT2D eigenvalue weighted by molar-refractivity contribution is 0.277. The first-order valence-electron chi connectivity index (χ1n) is 5.62. The number of rotatable bonds is 2. The van der Waals surface area contributed by atoms with Gasteiger partial charge in [0.1, 0.15) is 0 Å². The number of hydrogen-bond donors (Lipinski definition) is 2. The van der Waals surface area contributed by atoms with E-state index in [0.29, 0.717) is 6.54 Å². The average Bonchev–Trinajstić information content (AvgIpc) is 2.61. The first kappa shape index (κ1) is 10.4. The monoisotopic (exact) mass is 210 g/mol. The van der Waals surface area contributed by atoms with Gasteiger partial charge in [0, 0.05) is 6.54 Å². The summed E-state index contributed by atoms with van der Waals surface area (Å²) < 4.78 is 1.64. The third-order valence-electron chi connectivity index (χ3n) is 3.27. The Hall–Kier alpha value is -1.10. The normalized spacial score (nSPS) is 20.4. The molecule has 1 aliphatic carbocycles. The van der Waals surface area contributed by atoms with Crippen molar-refractivity contribution in [3.8, 4) is 0 Å². The second-order valence-electron chi connectivity index (χ2n) is 4.31. The molecule has 1 saturated carbocycles. The smallest absolute Gasteiger partial charge is 0.319 e. The molecular formula is C10H18N4O. The lowest BCUT2D eigenvalue weighted by Crippen LogP contribution is -2.42. The van der Waals surface area contributed by atoms with E-state index in [1.165, 1.54) is 6.42 Å². The summed E-state index contributed by atoms with van der Waals surface area (Å²) in [6.45, 7) is 2.57. The fourth-order valence-electron chi connectivity index (χ4n) is 2.40. The van der Waals surface area contributed by atoms with Crippen LogP contribution in [0, 0.1) is 0 Å². The van der Waals surface area contributed by atoms with Crippen molar-refractivity contribution in [1.29, 1.82) is 0 Å². The van der Waals surface area contributed by atoms with E-state index in [1.54, 1.807) is 4.57 Å². The fourth-order valence-corrected chi connectivity index (χ4v) is 2.40. The zero-order valence-electron chi connectivity index (χ0n) is 9.12. The Morgan fingerprint density at radius 2 is 2.13 bits per heavy atom. The van der Waals surface area contributed by atoms with Crippen LogP contribution in [0.1, 0.15) is 44.9 Å². The third kappa shape index (κ3) is 1.71. The molecule has 1 aromatic rings. The molecular weight excluding hydrogens is 192 g/mol. The molecule has 0 aromatic carbocycles. The SMILES string of the molecule is CCn1c(C2(N)CCCCC2)n[nH]c1=O. The van der Waals surface area contributed by atoms with Gasteiger partial charge >= 0.3 is 5.69 Å². The van der Waals surface area contributed by atoms with Crippen LogP contribution < -0.4 is 11.4 Å². The second-order valence-corrected chi connectivity index (χ2v) is 4.31. The molecule has 0 aliphatic heterocycles. The highest BCUT2D eigenvalue weighted by molar-refractivity contribution is 5.06. The van der Waals surface area contributed by atoms with Crippen molar-refractivity contribution >= 4 is 0 Å². The average molecular weight is 210 g/mol. The molecule has 0 radical (unpaired) electrons. The lowest BCUT2D eigenvalue weighted by Gasteiger charge is -2.32. The maximum absolute atomic E-state index is 11.4. The Balaban J connectivity index is 2.38. The van der Waals surface area contributed by atoms with Gasteiger partial charge in [0.05, 0.1) is 5.54 Å². The van der Waals surface area contributed by atoms with Gasteiger partial charge < -0.3 is 5.73 Å². The minimum absolute atomic E-state index is 0.150. The molecule has 0 bridgehead atoms. The molecule has 0 atom stereocenters. The maximum atomic E-state index is 11.4. The number of H-pyrrole nitrogens is 1. The zero-order chi connectivity index (χ0) is 10.9. The summed E-state index contributed by atoms with van der Waals surface area (Å²) in [5, 5.41) is 6.57. The van der Waals surface area contributed by atoms with Crippen molar-refractivity contribution in [2.24, 2.45) is 5.73 Å². The molecule has 2 rings (SSSR count). The summed E-state index contributed by atoms with van der Waals surface area (Å²) in [6, 6.07) is 0. The summed E-state index contributed by atoms with van der Waals surface area (Å²) >= 11 is 0. The quantitative estimate of drug-likeness (QED) is 0.754. The van der Waals surface area contributed by atoms with Crippen LogP contribution >= 0.6 is 0 Å². The minimum atomic E-state index is -0.395. The van der Waals surface area contributed by atoms with Gasteiger partial charge in [0.2, 0.25) is 0 Å². The number of aromatic nitrogens is 3. The molecule has 0 spiro atoms. The van der Waals surface area contributed by atoms with E-state index in [4.69, 9.17) is 5.73 Å². The molecule has 84 valence electrons. The van der Waals surface area contributed by atoms with Gasteiger partial charge in [-0.1, -0.05) is 19.3 Å². The highest BCUT2D eigenvalue weighted by Gasteiger charge is 2.34. The van der Waals surface area contributed by atoms with Crippen molar-refractivity contribution < 1.29 is 0 Å². The minimum Gasteiger partial charge on any atom is -0.319 e. The first-order valence-corrected chi connectivity index (χ1v) is 5.62. The Bertz CT molecular complexity index is 386. The van der Waals surface area contributed by atoms with Crippen molar-refractivity contribution in [3.63, 3.8) is 0 Å². The van der Waals surface area contributed by atoms with Crippen LogP contribution in [-0.4, -0.2) is 14.8 Å². The number of nitrogens with one attached hydrogen (secondary N) is 1. The van der Waals surface area contributed by atoms with Gasteiger partial charge in [0.25, 0.3) is 0 Å². The van der Waals surface area contributed by atoms with Crippen molar-refractivity contribution in [2.75, 3.05) is 0 Å². The van der Waals surface area contributed by atoms with E-state index in [0.717, 1.165) is 31.5 Å². The predicted molar refractivity (Wildman–Crippen MR) is 57.5 cm³/mol. The third-order valence-corrected chi connectivity index (χ3v) is 3.27. The van der Waals surface area contributed by atoms with Gasteiger partial charge in [-0.2, -0.15) is 5.10 Å². The van der Waals surface area contributed by atoms with E-state index in [1.807, 2.05) is 6.92 Å².